The molecule has 3 aromatic carbocycles. The van der Waals surface area contributed by atoms with Crippen LogP contribution in [0.1, 0.15) is 11.1 Å². The average Bonchev–Trinajstić information content (AvgIpc) is 3.00. The molecule has 0 amide bonds. The summed E-state index contributed by atoms with van der Waals surface area (Å²) in [5.41, 5.74) is -0.600. The Bertz CT molecular complexity index is 1800. The van der Waals surface area contributed by atoms with Crippen LogP contribution in [0.2, 0.25) is 0 Å². The number of benzene rings is 3. The summed E-state index contributed by atoms with van der Waals surface area (Å²) in [5.74, 6) is -56.8. The molecule has 0 aliphatic rings. The van der Waals surface area contributed by atoms with E-state index < -0.39 is 53.2 Å². The molecule has 0 unspecified atom stereocenters. The van der Waals surface area contributed by atoms with Crippen molar-refractivity contribution in [3.8, 4) is 22.4 Å². The number of alkyl halides is 17. The van der Waals surface area contributed by atoms with Gasteiger partial charge in [0.05, 0.1) is 5.69 Å². The van der Waals surface area contributed by atoms with Crippen LogP contribution in [-0.4, -0.2) is 46.7 Å². The van der Waals surface area contributed by atoms with Gasteiger partial charge in [-0.1, -0.05) is 60.7 Å². The Hall–Kier alpha value is -4.12. The molecule has 1 heterocycles. The quantitative estimate of drug-likeness (QED) is 0.157. The van der Waals surface area contributed by atoms with Gasteiger partial charge in [-0.2, -0.15) is 74.6 Å². The van der Waals surface area contributed by atoms with Gasteiger partial charge in [-0.25, -0.2) is 0 Å². The molecule has 4 aromatic rings. The Labute approximate surface area is 258 Å². The van der Waals surface area contributed by atoms with Crippen molar-refractivity contribution in [2.24, 2.45) is 0 Å². The molecule has 0 fully saturated rings. The number of hydrogen-bond acceptors (Lipinski definition) is 1. The molecule has 0 aliphatic carbocycles. The number of fused-ring (bicyclic) bond motifs is 1. The van der Waals surface area contributed by atoms with Gasteiger partial charge in [0, 0.05) is 22.7 Å². The third-order valence-electron chi connectivity index (χ3n) is 7.47. The first-order valence-corrected chi connectivity index (χ1v) is 13.0. The molecule has 1 nitrogen and oxygen atoms in total. The van der Waals surface area contributed by atoms with Crippen LogP contribution in [0.4, 0.5) is 74.6 Å². The standard InChI is InChI=1S/C30H16F17N/c1-15-6-7-18(14-21(15)22-20-5-3-2-4-17(20)12-13-48-22)16-8-10-19(11-9-16)23(31,32)24(33,34)25(35,36)26(37,38)27(39,40)28(41,42)29(43,44)30(45,46)47/h2-14H,1H3. The zero-order valence-electron chi connectivity index (χ0n) is 23.4. The Morgan fingerprint density at radius 3 is 1.50 bits per heavy atom. The lowest BCUT2D eigenvalue weighted by Gasteiger charge is -2.42. The Balaban J connectivity index is 1.72. The predicted molar refractivity (Wildman–Crippen MR) is 137 cm³/mol. The Morgan fingerprint density at radius 1 is 0.479 bits per heavy atom. The fraction of sp³-hybridized carbons (Fsp3) is 0.300. The summed E-state index contributed by atoms with van der Waals surface area (Å²) in [6.07, 6.45) is -6.32. The molecule has 0 radical (unpaired) electrons. The fourth-order valence-corrected chi connectivity index (χ4v) is 4.61. The minimum atomic E-state index is -8.67. The van der Waals surface area contributed by atoms with Crippen LogP contribution in [0.5, 0.6) is 0 Å². The molecule has 0 saturated carbocycles. The molecular weight excluding hydrogens is 697 g/mol. The summed E-state index contributed by atoms with van der Waals surface area (Å²) < 4.78 is 232. The lowest BCUT2D eigenvalue weighted by Crippen LogP contribution is -2.74. The second-order valence-corrected chi connectivity index (χ2v) is 10.5. The SMILES string of the molecule is Cc1ccc(-c2ccc(C(F)(F)C(F)(F)C(F)(F)C(F)(F)C(F)(F)C(F)(F)C(F)(F)C(F)(F)F)cc2)cc1-c1nccc2ccccc12. The number of rotatable bonds is 9. The lowest BCUT2D eigenvalue weighted by molar-refractivity contribution is -0.462. The van der Waals surface area contributed by atoms with E-state index in [0.29, 0.717) is 34.3 Å². The molecule has 1 aromatic heterocycles. The van der Waals surface area contributed by atoms with E-state index in [0.717, 1.165) is 5.39 Å². The highest BCUT2D eigenvalue weighted by Crippen LogP contribution is 2.65. The van der Waals surface area contributed by atoms with Crippen molar-refractivity contribution in [3.63, 3.8) is 0 Å². The molecule has 18 heteroatoms. The van der Waals surface area contributed by atoms with Gasteiger partial charge in [0.2, 0.25) is 0 Å². The first-order valence-electron chi connectivity index (χ1n) is 13.0. The first-order chi connectivity index (χ1) is 21.7. The molecule has 48 heavy (non-hydrogen) atoms. The van der Waals surface area contributed by atoms with Gasteiger partial charge in [-0.15, -0.1) is 0 Å². The second-order valence-electron chi connectivity index (χ2n) is 10.5. The van der Waals surface area contributed by atoms with Crippen molar-refractivity contribution < 1.29 is 74.6 Å². The molecule has 0 aliphatic heterocycles. The molecule has 260 valence electrons. The summed E-state index contributed by atoms with van der Waals surface area (Å²) >= 11 is 0. The molecule has 0 N–H and O–H groups in total. The van der Waals surface area contributed by atoms with Gasteiger partial charge in [0.15, 0.2) is 0 Å². The van der Waals surface area contributed by atoms with Crippen molar-refractivity contribution in [2.45, 2.75) is 54.6 Å². The maximum Gasteiger partial charge on any atom is 0.460 e. The number of aryl methyl sites for hydroxylation is 1. The van der Waals surface area contributed by atoms with Gasteiger partial charge in [-0.05, 0) is 41.1 Å². The summed E-state index contributed by atoms with van der Waals surface area (Å²) in [6.45, 7) is 1.67. The number of nitrogens with zero attached hydrogens (tertiary/aromatic N) is 1. The highest BCUT2D eigenvalue weighted by atomic mass is 19.4. The van der Waals surface area contributed by atoms with Crippen molar-refractivity contribution in [2.75, 3.05) is 0 Å². The molecule has 4 rings (SSSR count). The summed E-state index contributed by atoms with van der Waals surface area (Å²) in [7, 11) is 0. The van der Waals surface area contributed by atoms with Crippen LogP contribution in [0.25, 0.3) is 33.2 Å². The van der Waals surface area contributed by atoms with Gasteiger partial charge >= 0.3 is 47.6 Å². The van der Waals surface area contributed by atoms with Crippen LogP contribution < -0.4 is 0 Å². The third-order valence-corrected chi connectivity index (χ3v) is 7.47. The van der Waals surface area contributed by atoms with Gasteiger partial charge in [-0.3, -0.25) is 4.98 Å². The van der Waals surface area contributed by atoms with E-state index in [2.05, 4.69) is 4.98 Å². The summed E-state index contributed by atoms with van der Waals surface area (Å²) in [5, 5.41) is 1.46. The minimum absolute atomic E-state index is 0.0300. The number of pyridine rings is 1. The van der Waals surface area contributed by atoms with Gasteiger partial charge < -0.3 is 0 Å². The summed E-state index contributed by atoms with van der Waals surface area (Å²) in [4.78, 5) is 4.33. The predicted octanol–water partition coefficient (Wildman–Crippen LogP) is 11.3. The van der Waals surface area contributed by atoms with Crippen molar-refractivity contribution in [1.29, 1.82) is 0 Å². The van der Waals surface area contributed by atoms with E-state index in [9.17, 15) is 74.6 Å². The molecule has 0 atom stereocenters. The van der Waals surface area contributed by atoms with Crippen LogP contribution in [0.3, 0.4) is 0 Å². The van der Waals surface area contributed by atoms with Gasteiger partial charge in [0.25, 0.3) is 0 Å². The lowest BCUT2D eigenvalue weighted by atomic mass is 9.87. The highest BCUT2D eigenvalue weighted by Gasteiger charge is 2.95. The average molecular weight is 713 g/mol. The normalized spacial score (nSPS) is 14.5. The third kappa shape index (κ3) is 5.12. The Kier molecular flexibility index (Phi) is 8.58. The van der Waals surface area contributed by atoms with Crippen LogP contribution in [0.15, 0.2) is 79.0 Å². The van der Waals surface area contributed by atoms with Crippen molar-refractivity contribution in [1.82, 2.24) is 4.98 Å². The van der Waals surface area contributed by atoms with Crippen molar-refractivity contribution in [3.05, 3.63) is 90.1 Å². The van der Waals surface area contributed by atoms with E-state index in [4.69, 9.17) is 0 Å². The Morgan fingerprint density at radius 2 is 0.958 bits per heavy atom. The maximum absolute atomic E-state index is 14.8. The zero-order chi connectivity index (χ0) is 36.5. The molecular formula is C30H16F17N. The first kappa shape index (κ1) is 36.7. The van der Waals surface area contributed by atoms with Gasteiger partial charge in [0.1, 0.15) is 0 Å². The van der Waals surface area contributed by atoms with Crippen LogP contribution in [-0.2, 0) is 5.92 Å². The zero-order valence-corrected chi connectivity index (χ0v) is 23.4. The van der Waals surface area contributed by atoms with E-state index in [1.165, 1.54) is 24.4 Å². The second kappa shape index (κ2) is 11.2. The van der Waals surface area contributed by atoms with Crippen LogP contribution >= 0.6 is 0 Å². The minimum Gasteiger partial charge on any atom is -0.256 e. The molecule has 0 bridgehead atoms. The van der Waals surface area contributed by atoms with Crippen LogP contribution in [0, 0.1) is 6.92 Å². The molecule has 0 saturated heterocycles. The highest BCUT2D eigenvalue weighted by molar-refractivity contribution is 5.95. The van der Waals surface area contributed by atoms with Crippen molar-refractivity contribution >= 4 is 10.8 Å². The molecule has 0 spiro atoms. The van der Waals surface area contributed by atoms with E-state index in [1.807, 2.05) is 0 Å². The van der Waals surface area contributed by atoms with E-state index in [-0.39, 0.29) is 23.3 Å². The monoisotopic (exact) mass is 713 g/mol. The number of aromatic nitrogens is 1. The topological polar surface area (TPSA) is 12.9 Å². The number of hydrogen-bond donors (Lipinski definition) is 0. The largest absolute Gasteiger partial charge is 0.460 e. The fourth-order valence-electron chi connectivity index (χ4n) is 4.61. The summed E-state index contributed by atoms with van der Waals surface area (Å²) in [6, 6.07) is 14.2. The smallest absolute Gasteiger partial charge is 0.256 e. The van der Waals surface area contributed by atoms with E-state index in [1.54, 1.807) is 37.3 Å². The maximum atomic E-state index is 14.8. The number of halogens is 17. The van der Waals surface area contributed by atoms with E-state index >= 15 is 0 Å².